The minimum absolute atomic E-state index is 0.0429. The van der Waals surface area contributed by atoms with Crippen LogP contribution in [0.3, 0.4) is 0 Å². The molecule has 0 bridgehead atoms. The predicted octanol–water partition coefficient (Wildman–Crippen LogP) is 2.01. The van der Waals surface area contributed by atoms with Gasteiger partial charge in [-0.1, -0.05) is 6.07 Å². The molecule has 4 rings (SSSR count). The molecule has 0 aliphatic carbocycles. The highest BCUT2D eigenvalue weighted by Gasteiger charge is 2.33. The Labute approximate surface area is 145 Å². The van der Waals surface area contributed by atoms with E-state index in [1.54, 1.807) is 18.7 Å². The van der Waals surface area contributed by atoms with Crippen LogP contribution in [-0.4, -0.2) is 46.9 Å². The van der Waals surface area contributed by atoms with Crippen molar-refractivity contribution in [1.29, 1.82) is 0 Å². The molecule has 1 aromatic carbocycles. The number of aromatic nitrogens is 1. The van der Waals surface area contributed by atoms with Crippen molar-refractivity contribution >= 4 is 5.91 Å². The first kappa shape index (κ1) is 16.0. The fourth-order valence-corrected chi connectivity index (χ4v) is 3.53. The average molecular weight is 344 g/mol. The molecule has 0 radical (unpaired) electrons. The molecule has 0 saturated carbocycles. The van der Waals surface area contributed by atoms with Crippen molar-refractivity contribution in [3.05, 3.63) is 41.1 Å². The number of rotatable bonds is 2. The molecule has 1 N–H and O–H groups in total. The van der Waals surface area contributed by atoms with E-state index in [4.69, 9.17) is 13.9 Å². The number of aryl methyl sites for hydroxylation is 2. The Balaban J connectivity index is 1.49. The summed E-state index contributed by atoms with van der Waals surface area (Å²) < 4.78 is 16.1. The SMILES string of the molecule is Cc1nc(C(=O)N2CC[C@@H](c3ccc4c(c3)OCO4)[C@H](O)C2)c(C)o1. The number of piperidine rings is 1. The number of amides is 1. The third-order valence-corrected chi connectivity index (χ3v) is 4.80. The summed E-state index contributed by atoms with van der Waals surface area (Å²) in [5.74, 6) is 2.17. The number of ether oxygens (including phenoxy) is 2. The molecule has 0 unspecified atom stereocenters. The molecule has 1 saturated heterocycles. The van der Waals surface area contributed by atoms with Crippen molar-refractivity contribution < 1.29 is 23.8 Å². The van der Waals surface area contributed by atoms with Gasteiger partial charge in [0.1, 0.15) is 5.76 Å². The molecule has 132 valence electrons. The molecule has 2 aliphatic heterocycles. The van der Waals surface area contributed by atoms with E-state index in [0.717, 1.165) is 11.3 Å². The first-order valence-electron chi connectivity index (χ1n) is 8.34. The number of aliphatic hydroxyl groups is 1. The molecule has 7 heteroatoms. The third-order valence-electron chi connectivity index (χ3n) is 4.80. The number of oxazole rings is 1. The lowest BCUT2D eigenvalue weighted by Gasteiger charge is -2.36. The first-order valence-corrected chi connectivity index (χ1v) is 8.34. The number of hydrogen-bond acceptors (Lipinski definition) is 6. The number of nitrogens with zero attached hydrogens (tertiary/aromatic N) is 2. The van der Waals surface area contributed by atoms with Crippen LogP contribution in [0, 0.1) is 13.8 Å². The van der Waals surface area contributed by atoms with Crippen LogP contribution >= 0.6 is 0 Å². The van der Waals surface area contributed by atoms with E-state index in [2.05, 4.69) is 4.98 Å². The summed E-state index contributed by atoms with van der Waals surface area (Å²) in [5.41, 5.74) is 1.32. The Morgan fingerprint density at radius 3 is 2.80 bits per heavy atom. The normalized spacial score (nSPS) is 22.3. The van der Waals surface area contributed by atoms with Crippen molar-refractivity contribution in [2.45, 2.75) is 32.3 Å². The van der Waals surface area contributed by atoms with E-state index in [9.17, 15) is 9.90 Å². The van der Waals surface area contributed by atoms with E-state index in [1.165, 1.54) is 0 Å². The second-order valence-corrected chi connectivity index (χ2v) is 6.46. The topological polar surface area (TPSA) is 85.0 Å². The molecule has 2 aliphatic rings. The summed E-state index contributed by atoms with van der Waals surface area (Å²) in [6.45, 7) is 4.49. The molecule has 7 nitrogen and oxygen atoms in total. The van der Waals surface area contributed by atoms with Crippen LogP contribution in [0.5, 0.6) is 11.5 Å². The Hall–Kier alpha value is -2.54. The van der Waals surface area contributed by atoms with Gasteiger partial charge in [-0.2, -0.15) is 0 Å². The lowest BCUT2D eigenvalue weighted by molar-refractivity contribution is 0.0376. The molecule has 2 atom stereocenters. The number of hydrogen-bond donors (Lipinski definition) is 1. The summed E-state index contributed by atoms with van der Waals surface area (Å²) >= 11 is 0. The Bertz CT molecular complexity index is 816. The Kier molecular flexibility index (Phi) is 3.88. The van der Waals surface area contributed by atoms with Gasteiger partial charge in [-0.3, -0.25) is 4.79 Å². The summed E-state index contributed by atoms with van der Waals surface area (Å²) in [4.78, 5) is 18.4. The van der Waals surface area contributed by atoms with Crippen molar-refractivity contribution in [1.82, 2.24) is 9.88 Å². The van der Waals surface area contributed by atoms with Crippen LogP contribution in [0.2, 0.25) is 0 Å². The molecule has 1 amide bonds. The molecule has 1 aromatic heterocycles. The maximum absolute atomic E-state index is 12.6. The van der Waals surface area contributed by atoms with Gasteiger partial charge in [0.05, 0.1) is 6.10 Å². The minimum Gasteiger partial charge on any atom is -0.454 e. The largest absolute Gasteiger partial charge is 0.454 e. The van der Waals surface area contributed by atoms with E-state index in [0.29, 0.717) is 36.1 Å². The van der Waals surface area contributed by atoms with Gasteiger partial charge >= 0.3 is 0 Å². The van der Waals surface area contributed by atoms with Gasteiger partial charge in [0.25, 0.3) is 5.91 Å². The van der Waals surface area contributed by atoms with Crippen molar-refractivity contribution in [3.63, 3.8) is 0 Å². The van der Waals surface area contributed by atoms with E-state index in [1.807, 2.05) is 18.2 Å². The Morgan fingerprint density at radius 2 is 2.08 bits per heavy atom. The number of aliphatic hydroxyl groups excluding tert-OH is 1. The van der Waals surface area contributed by atoms with Crippen LogP contribution in [0.15, 0.2) is 22.6 Å². The van der Waals surface area contributed by atoms with Crippen molar-refractivity contribution in [2.75, 3.05) is 19.9 Å². The zero-order valence-corrected chi connectivity index (χ0v) is 14.2. The molecular formula is C18H20N2O5. The highest BCUT2D eigenvalue weighted by atomic mass is 16.7. The zero-order valence-electron chi connectivity index (χ0n) is 14.2. The molecule has 1 fully saturated rings. The fourth-order valence-electron chi connectivity index (χ4n) is 3.53. The van der Waals surface area contributed by atoms with Crippen LogP contribution in [0.4, 0.5) is 0 Å². The zero-order chi connectivity index (χ0) is 17.6. The molecule has 25 heavy (non-hydrogen) atoms. The van der Waals surface area contributed by atoms with Gasteiger partial charge in [-0.05, 0) is 31.0 Å². The number of carbonyl (C=O) groups is 1. The van der Waals surface area contributed by atoms with Gasteiger partial charge in [0, 0.05) is 25.9 Å². The highest BCUT2D eigenvalue weighted by molar-refractivity contribution is 5.93. The maximum atomic E-state index is 12.6. The summed E-state index contributed by atoms with van der Waals surface area (Å²) in [6.07, 6.45) is 0.0222. The average Bonchev–Trinajstić information content (AvgIpc) is 3.19. The van der Waals surface area contributed by atoms with Crippen LogP contribution in [-0.2, 0) is 0 Å². The fraction of sp³-hybridized carbons (Fsp3) is 0.444. The van der Waals surface area contributed by atoms with Gasteiger partial charge in [0.2, 0.25) is 6.79 Å². The summed E-state index contributed by atoms with van der Waals surface area (Å²) in [6, 6.07) is 5.73. The molecular weight excluding hydrogens is 324 g/mol. The third kappa shape index (κ3) is 2.84. The van der Waals surface area contributed by atoms with Gasteiger partial charge in [0.15, 0.2) is 23.1 Å². The summed E-state index contributed by atoms with van der Waals surface area (Å²) in [7, 11) is 0. The smallest absolute Gasteiger partial charge is 0.276 e. The number of carbonyl (C=O) groups excluding carboxylic acids is 1. The quantitative estimate of drug-likeness (QED) is 0.897. The summed E-state index contributed by atoms with van der Waals surface area (Å²) in [5, 5.41) is 10.6. The number of benzene rings is 1. The standard InChI is InChI=1S/C18H20N2O5/c1-10-17(19-11(2)25-10)18(22)20-6-5-13(14(21)8-20)12-3-4-15-16(7-12)24-9-23-15/h3-4,7,13-14,21H,5-6,8-9H2,1-2H3/t13-,14+/m0/s1. The highest BCUT2D eigenvalue weighted by Crippen LogP contribution is 2.37. The van der Waals surface area contributed by atoms with E-state index < -0.39 is 6.10 Å². The van der Waals surface area contributed by atoms with Crippen molar-refractivity contribution in [3.8, 4) is 11.5 Å². The van der Waals surface area contributed by atoms with Gasteiger partial charge in [-0.15, -0.1) is 0 Å². The van der Waals surface area contributed by atoms with Gasteiger partial charge < -0.3 is 23.9 Å². The van der Waals surface area contributed by atoms with Gasteiger partial charge in [-0.25, -0.2) is 4.98 Å². The number of fused-ring (bicyclic) bond motifs is 1. The Morgan fingerprint density at radius 1 is 1.28 bits per heavy atom. The number of β-amino-alcohol motifs (C(OH)–C–C–N with tert-alkyl or cyclic N) is 1. The molecule has 2 aromatic rings. The maximum Gasteiger partial charge on any atom is 0.276 e. The predicted molar refractivity (Wildman–Crippen MR) is 87.8 cm³/mol. The van der Waals surface area contributed by atoms with Crippen LogP contribution in [0.1, 0.15) is 40.0 Å². The molecule has 0 spiro atoms. The van der Waals surface area contributed by atoms with Crippen LogP contribution < -0.4 is 9.47 Å². The second kappa shape index (κ2) is 6.07. The lowest BCUT2D eigenvalue weighted by Crippen LogP contribution is -2.46. The number of likely N-dealkylation sites (tertiary alicyclic amines) is 1. The second-order valence-electron chi connectivity index (χ2n) is 6.46. The lowest BCUT2D eigenvalue weighted by atomic mass is 9.86. The van der Waals surface area contributed by atoms with Crippen molar-refractivity contribution in [2.24, 2.45) is 0 Å². The minimum atomic E-state index is -0.647. The van der Waals surface area contributed by atoms with E-state index >= 15 is 0 Å². The van der Waals surface area contributed by atoms with Crippen LogP contribution in [0.25, 0.3) is 0 Å². The van der Waals surface area contributed by atoms with E-state index in [-0.39, 0.29) is 25.2 Å². The molecule has 3 heterocycles. The monoisotopic (exact) mass is 344 g/mol. The first-order chi connectivity index (χ1) is 12.0.